The molecule has 0 aliphatic rings. The van der Waals surface area contributed by atoms with Gasteiger partial charge in [-0.3, -0.25) is 4.79 Å². The third-order valence-corrected chi connectivity index (χ3v) is 2.83. The normalized spacial score (nSPS) is 10.2. The topological polar surface area (TPSA) is 94.0 Å². The number of aromatic nitrogens is 1. The highest BCUT2D eigenvalue weighted by atomic mass is 16.1. The van der Waals surface area contributed by atoms with Gasteiger partial charge in [0.1, 0.15) is 5.82 Å². The predicted molar refractivity (Wildman–Crippen MR) is 76.3 cm³/mol. The Morgan fingerprint density at radius 2 is 2.11 bits per heavy atom. The summed E-state index contributed by atoms with van der Waals surface area (Å²) in [6.07, 6.45) is 2.37. The molecule has 0 spiro atoms. The van der Waals surface area contributed by atoms with Crippen molar-refractivity contribution in [1.29, 1.82) is 0 Å². The van der Waals surface area contributed by atoms with Crippen molar-refractivity contribution < 1.29 is 4.79 Å². The van der Waals surface area contributed by atoms with Crippen LogP contribution in [0.4, 0.5) is 17.2 Å². The summed E-state index contributed by atoms with van der Waals surface area (Å²) in [6, 6.07) is 9.36. The van der Waals surface area contributed by atoms with Crippen LogP contribution in [0.1, 0.15) is 22.8 Å². The van der Waals surface area contributed by atoms with E-state index in [1.165, 1.54) is 12.3 Å². The van der Waals surface area contributed by atoms with E-state index in [1.807, 2.05) is 24.3 Å². The molecule has 0 bridgehead atoms. The average Bonchev–Trinajstić information content (AvgIpc) is 2.41. The number of nitrogens with one attached hydrogen (secondary N) is 1. The average molecular weight is 256 g/mol. The van der Waals surface area contributed by atoms with E-state index in [0.29, 0.717) is 11.5 Å². The first-order valence-corrected chi connectivity index (χ1v) is 6.02. The van der Waals surface area contributed by atoms with E-state index < -0.39 is 5.91 Å². The number of pyridine rings is 1. The van der Waals surface area contributed by atoms with Crippen LogP contribution in [0.3, 0.4) is 0 Å². The molecule has 2 rings (SSSR count). The van der Waals surface area contributed by atoms with Crippen molar-refractivity contribution in [2.75, 3.05) is 11.1 Å². The molecule has 1 aromatic heterocycles. The van der Waals surface area contributed by atoms with Gasteiger partial charge in [0.2, 0.25) is 0 Å². The molecule has 0 aliphatic carbocycles. The number of amides is 1. The number of para-hydroxylation sites is 1. The van der Waals surface area contributed by atoms with E-state index in [2.05, 4.69) is 17.2 Å². The number of rotatable bonds is 4. The molecular formula is C14H16N4O. The SMILES string of the molecule is CCc1ccccc1Nc1ncc(N)cc1C(N)=O. The molecule has 0 radical (unpaired) electrons. The molecule has 98 valence electrons. The summed E-state index contributed by atoms with van der Waals surface area (Å²) in [5.41, 5.74) is 13.7. The zero-order chi connectivity index (χ0) is 13.8. The van der Waals surface area contributed by atoms with Gasteiger partial charge in [-0.25, -0.2) is 4.98 Å². The van der Waals surface area contributed by atoms with Gasteiger partial charge in [-0.15, -0.1) is 0 Å². The molecule has 19 heavy (non-hydrogen) atoms. The summed E-state index contributed by atoms with van der Waals surface area (Å²) < 4.78 is 0. The number of hydrogen-bond donors (Lipinski definition) is 3. The highest BCUT2D eigenvalue weighted by Crippen LogP contribution is 2.23. The smallest absolute Gasteiger partial charge is 0.252 e. The highest BCUT2D eigenvalue weighted by Gasteiger charge is 2.11. The molecule has 5 N–H and O–H groups in total. The highest BCUT2D eigenvalue weighted by molar-refractivity contribution is 5.99. The van der Waals surface area contributed by atoms with Crippen molar-refractivity contribution in [3.05, 3.63) is 47.7 Å². The van der Waals surface area contributed by atoms with Crippen molar-refractivity contribution in [3.63, 3.8) is 0 Å². The van der Waals surface area contributed by atoms with Crippen LogP contribution in [0.25, 0.3) is 0 Å². The van der Waals surface area contributed by atoms with Crippen molar-refractivity contribution in [2.45, 2.75) is 13.3 Å². The molecule has 0 aliphatic heterocycles. The van der Waals surface area contributed by atoms with Crippen LogP contribution in [0.2, 0.25) is 0 Å². The van der Waals surface area contributed by atoms with Gasteiger partial charge in [-0.1, -0.05) is 25.1 Å². The second-order valence-electron chi connectivity index (χ2n) is 4.16. The molecule has 0 saturated heterocycles. The Labute approximate surface area is 111 Å². The van der Waals surface area contributed by atoms with Gasteiger partial charge >= 0.3 is 0 Å². The quantitative estimate of drug-likeness (QED) is 0.780. The maximum atomic E-state index is 11.4. The first-order valence-electron chi connectivity index (χ1n) is 6.02. The summed E-state index contributed by atoms with van der Waals surface area (Å²) in [5, 5.41) is 3.13. The minimum atomic E-state index is -0.559. The molecule has 5 nitrogen and oxygen atoms in total. The number of hydrogen-bond acceptors (Lipinski definition) is 4. The minimum absolute atomic E-state index is 0.283. The Morgan fingerprint density at radius 1 is 1.37 bits per heavy atom. The lowest BCUT2D eigenvalue weighted by Crippen LogP contribution is -2.15. The van der Waals surface area contributed by atoms with E-state index in [4.69, 9.17) is 11.5 Å². The van der Waals surface area contributed by atoms with E-state index in [-0.39, 0.29) is 5.56 Å². The Morgan fingerprint density at radius 3 is 2.79 bits per heavy atom. The fourth-order valence-electron chi connectivity index (χ4n) is 1.85. The number of carbonyl (C=O) groups excluding carboxylic acids is 1. The van der Waals surface area contributed by atoms with Crippen molar-refractivity contribution >= 4 is 23.1 Å². The fraction of sp³-hybridized carbons (Fsp3) is 0.143. The van der Waals surface area contributed by atoms with Gasteiger partial charge < -0.3 is 16.8 Å². The number of anilines is 3. The number of carbonyl (C=O) groups is 1. The molecule has 0 atom stereocenters. The monoisotopic (exact) mass is 256 g/mol. The zero-order valence-corrected chi connectivity index (χ0v) is 10.7. The lowest BCUT2D eigenvalue weighted by atomic mass is 10.1. The molecule has 0 saturated carbocycles. The van der Waals surface area contributed by atoms with E-state index >= 15 is 0 Å². The number of benzene rings is 1. The van der Waals surface area contributed by atoms with Gasteiger partial charge in [0, 0.05) is 5.69 Å². The first-order chi connectivity index (χ1) is 9.11. The third-order valence-electron chi connectivity index (χ3n) is 2.83. The van der Waals surface area contributed by atoms with Crippen molar-refractivity contribution in [3.8, 4) is 0 Å². The first kappa shape index (κ1) is 12.9. The maximum absolute atomic E-state index is 11.4. The van der Waals surface area contributed by atoms with E-state index in [9.17, 15) is 4.79 Å². The zero-order valence-electron chi connectivity index (χ0n) is 10.7. The Balaban J connectivity index is 2.41. The lowest BCUT2D eigenvalue weighted by Gasteiger charge is -2.12. The Hall–Kier alpha value is -2.56. The van der Waals surface area contributed by atoms with Crippen LogP contribution in [0, 0.1) is 0 Å². The van der Waals surface area contributed by atoms with Crippen LogP contribution >= 0.6 is 0 Å². The molecule has 2 aromatic rings. The van der Waals surface area contributed by atoms with Gasteiger partial charge in [0.15, 0.2) is 0 Å². The molecular weight excluding hydrogens is 240 g/mol. The molecule has 1 aromatic carbocycles. The number of nitrogens with zero attached hydrogens (tertiary/aromatic N) is 1. The third kappa shape index (κ3) is 2.82. The number of primary amides is 1. The Bertz CT molecular complexity index is 610. The molecule has 1 heterocycles. The molecule has 5 heteroatoms. The molecule has 0 unspecified atom stereocenters. The van der Waals surface area contributed by atoms with E-state index in [0.717, 1.165) is 17.7 Å². The van der Waals surface area contributed by atoms with Gasteiger partial charge in [-0.05, 0) is 24.1 Å². The summed E-state index contributed by atoms with van der Waals surface area (Å²) in [5.74, 6) is -0.140. The molecule has 1 amide bonds. The number of aryl methyl sites for hydroxylation is 1. The predicted octanol–water partition coefficient (Wildman–Crippen LogP) is 2.07. The number of nitrogen functional groups attached to an aromatic ring is 1. The summed E-state index contributed by atoms with van der Waals surface area (Å²) in [6.45, 7) is 2.06. The summed E-state index contributed by atoms with van der Waals surface area (Å²) in [7, 11) is 0. The van der Waals surface area contributed by atoms with Crippen LogP contribution < -0.4 is 16.8 Å². The van der Waals surface area contributed by atoms with Gasteiger partial charge in [0.25, 0.3) is 5.91 Å². The summed E-state index contributed by atoms with van der Waals surface area (Å²) in [4.78, 5) is 15.5. The van der Waals surface area contributed by atoms with Gasteiger partial charge in [0.05, 0.1) is 17.4 Å². The second-order valence-corrected chi connectivity index (χ2v) is 4.16. The van der Waals surface area contributed by atoms with Crippen LogP contribution in [-0.4, -0.2) is 10.9 Å². The fourth-order valence-corrected chi connectivity index (χ4v) is 1.85. The summed E-state index contributed by atoms with van der Waals surface area (Å²) >= 11 is 0. The van der Waals surface area contributed by atoms with Crippen molar-refractivity contribution in [1.82, 2.24) is 4.98 Å². The standard InChI is InChI=1S/C14H16N4O/c1-2-9-5-3-4-6-12(9)18-14-11(13(16)19)7-10(15)8-17-14/h3-8H,2,15H2,1H3,(H2,16,19)(H,17,18). The van der Waals surface area contributed by atoms with Crippen LogP contribution in [0.15, 0.2) is 36.5 Å². The van der Waals surface area contributed by atoms with Crippen LogP contribution in [-0.2, 0) is 6.42 Å². The minimum Gasteiger partial charge on any atom is -0.397 e. The number of nitrogens with two attached hydrogens (primary N) is 2. The molecule has 0 fully saturated rings. The Kier molecular flexibility index (Phi) is 3.66. The lowest BCUT2D eigenvalue weighted by molar-refractivity contribution is 0.100. The second kappa shape index (κ2) is 5.39. The van der Waals surface area contributed by atoms with Crippen LogP contribution in [0.5, 0.6) is 0 Å². The van der Waals surface area contributed by atoms with Crippen molar-refractivity contribution in [2.24, 2.45) is 5.73 Å². The maximum Gasteiger partial charge on any atom is 0.252 e. The van der Waals surface area contributed by atoms with E-state index in [1.54, 1.807) is 0 Å². The largest absolute Gasteiger partial charge is 0.397 e. The van der Waals surface area contributed by atoms with Gasteiger partial charge in [-0.2, -0.15) is 0 Å².